The molecular weight excluding hydrogens is 376 g/mol. The molecule has 142 valence electrons. The smallest absolute Gasteiger partial charge is 0.371 e. The van der Waals surface area contributed by atoms with Gasteiger partial charge in [-0.25, -0.2) is 4.79 Å². The van der Waals surface area contributed by atoms with Gasteiger partial charge in [-0.15, -0.1) is 0 Å². The van der Waals surface area contributed by atoms with Crippen molar-refractivity contribution in [3.63, 3.8) is 0 Å². The van der Waals surface area contributed by atoms with Crippen LogP contribution in [0.15, 0.2) is 58.5 Å². The van der Waals surface area contributed by atoms with Gasteiger partial charge < -0.3 is 26.0 Å². The van der Waals surface area contributed by atoms with E-state index in [2.05, 4.69) is 15.3 Å². The molecule has 0 radical (unpaired) electrons. The minimum Gasteiger partial charge on any atom is -0.412 e. The van der Waals surface area contributed by atoms with Crippen molar-refractivity contribution in [3.8, 4) is 11.3 Å². The number of hydrogen-bond acceptors (Lipinski definition) is 6. The van der Waals surface area contributed by atoms with Gasteiger partial charge in [0, 0.05) is 23.5 Å². The normalized spacial score (nSPS) is 10.5. The Labute approximate surface area is 159 Å². The number of nitrogens with zero attached hydrogens (tertiary/aromatic N) is 3. The van der Waals surface area contributed by atoms with E-state index in [1.807, 2.05) is 0 Å². The summed E-state index contributed by atoms with van der Waals surface area (Å²) in [6.07, 6.45) is 3.11. The van der Waals surface area contributed by atoms with Crippen molar-refractivity contribution in [2.45, 2.75) is 6.92 Å². The van der Waals surface area contributed by atoms with Gasteiger partial charge in [0.05, 0.1) is 5.02 Å². The minimum absolute atomic E-state index is 0. The number of amidine groups is 1. The summed E-state index contributed by atoms with van der Waals surface area (Å²) in [4.78, 5) is 21.3. The maximum atomic E-state index is 12.4. The molecule has 0 unspecified atom stereocenters. The zero-order valence-corrected chi connectivity index (χ0v) is 14.9. The first-order chi connectivity index (χ1) is 12.1. The molecule has 0 saturated carbocycles. The van der Waals surface area contributed by atoms with E-state index in [1.165, 1.54) is 0 Å². The van der Waals surface area contributed by atoms with Crippen molar-refractivity contribution in [1.29, 1.82) is 0 Å². The Hall–Kier alpha value is -3.27. The van der Waals surface area contributed by atoms with E-state index in [1.54, 1.807) is 55.7 Å². The lowest BCUT2D eigenvalue weighted by Crippen LogP contribution is -2.15. The predicted molar refractivity (Wildman–Crippen MR) is 99.3 cm³/mol. The first kappa shape index (κ1) is 21.8. The van der Waals surface area contributed by atoms with Gasteiger partial charge in [-0.2, -0.15) is 0 Å². The zero-order chi connectivity index (χ0) is 17.8. The van der Waals surface area contributed by atoms with Crippen LogP contribution in [-0.2, 0) is 4.84 Å². The summed E-state index contributed by atoms with van der Waals surface area (Å²) in [6.45, 7) is 1.60. The standard InChI is InChI=1S/C17H13ClN4O3.2H2O/c1-10-14(15(21-24-10)12-4-2-3-5-13(12)18)17(23)25-22-16(19)11-6-8-20-9-7-11;;/h2-9H,1H3,(H2,19,22);2*1H2. The molecule has 6 N–H and O–H groups in total. The molecule has 9 nitrogen and oxygen atoms in total. The number of rotatable bonds is 4. The quantitative estimate of drug-likeness (QED) is 0.305. The monoisotopic (exact) mass is 392 g/mol. The molecule has 3 rings (SSSR count). The van der Waals surface area contributed by atoms with Crippen molar-refractivity contribution in [1.82, 2.24) is 10.1 Å². The summed E-state index contributed by atoms with van der Waals surface area (Å²) >= 11 is 6.16. The van der Waals surface area contributed by atoms with E-state index >= 15 is 0 Å². The Balaban J connectivity index is 0.00000182. The minimum atomic E-state index is -0.745. The van der Waals surface area contributed by atoms with E-state index in [4.69, 9.17) is 26.7 Å². The number of nitrogens with two attached hydrogens (primary N) is 1. The van der Waals surface area contributed by atoms with Crippen molar-refractivity contribution < 1.29 is 25.1 Å². The Kier molecular flexibility index (Phi) is 7.61. The molecule has 0 amide bonds. The zero-order valence-electron chi connectivity index (χ0n) is 14.1. The average molecular weight is 393 g/mol. The molecule has 3 aromatic rings. The topological polar surface area (TPSA) is 167 Å². The molecule has 0 atom stereocenters. The van der Waals surface area contributed by atoms with Crippen LogP contribution in [0, 0.1) is 6.92 Å². The van der Waals surface area contributed by atoms with E-state index in [0.29, 0.717) is 16.1 Å². The third-order valence-electron chi connectivity index (χ3n) is 3.40. The Morgan fingerprint density at radius 3 is 2.52 bits per heavy atom. The van der Waals surface area contributed by atoms with Crippen LogP contribution in [0.3, 0.4) is 0 Å². The van der Waals surface area contributed by atoms with Gasteiger partial charge in [0.1, 0.15) is 17.0 Å². The van der Waals surface area contributed by atoms with Crippen LogP contribution in [0.2, 0.25) is 5.02 Å². The fourth-order valence-corrected chi connectivity index (χ4v) is 2.39. The summed E-state index contributed by atoms with van der Waals surface area (Å²) in [5.41, 5.74) is 7.35. The van der Waals surface area contributed by atoms with E-state index in [9.17, 15) is 4.79 Å². The van der Waals surface area contributed by atoms with Crippen LogP contribution in [0.4, 0.5) is 0 Å². The highest BCUT2D eigenvalue weighted by Crippen LogP contribution is 2.31. The highest BCUT2D eigenvalue weighted by atomic mass is 35.5. The number of aromatic nitrogens is 2. The molecule has 2 heterocycles. The number of carbonyl (C=O) groups is 1. The van der Waals surface area contributed by atoms with Crippen LogP contribution >= 0.6 is 11.6 Å². The third kappa shape index (κ3) is 4.67. The van der Waals surface area contributed by atoms with Crippen molar-refractivity contribution in [2.24, 2.45) is 10.9 Å². The number of oxime groups is 1. The molecule has 0 aliphatic heterocycles. The highest BCUT2D eigenvalue weighted by molar-refractivity contribution is 6.33. The van der Waals surface area contributed by atoms with Gasteiger partial charge in [-0.1, -0.05) is 40.1 Å². The Morgan fingerprint density at radius 2 is 1.85 bits per heavy atom. The molecule has 0 spiro atoms. The van der Waals surface area contributed by atoms with Crippen molar-refractivity contribution >= 4 is 23.4 Å². The summed E-state index contributed by atoms with van der Waals surface area (Å²) in [5, 5.41) is 8.00. The number of pyridine rings is 1. The number of carbonyl (C=O) groups excluding carboxylic acids is 1. The van der Waals surface area contributed by atoms with Gasteiger partial charge in [0.15, 0.2) is 5.84 Å². The van der Waals surface area contributed by atoms with Gasteiger partial charge >= 0.3 is 5.97 Å². The van der Waals surface area contributed by atoms with Crippen LogP contribution in [-0.4, -0.2) is 32.9 Å². The van der Waals surface area contributed by atoms with Gasteiger partial charge in [-0.05, 0) is 25.1 Å². The van der Waals surface area contributed by atoms with Crippen LogP contribution in [0.25, 0.3) is 11.3 Å². The molecule has 27 heavy (non-hydrogen) atoms. The number of benzene rings is 1. The summed E-state index contributed by atoms with van der Waals surface area (Å²) in [7, 11) is 0. The molecule has 0 aliphatic rings. The van der Waals surface area contributed by atoms with Gasteiger partial charge in [0.25, 0.3) is 0 Å². The summed E-state index contributed by atoms with van der Waals surface area (Å²) in [6, 6.07) is 10.3. The maximum Gasteiger partial charge on any atom is 0.371 e. The number of aryl methyl sites for hydroxylation is 1. The lowest BCUT2D eigenvalue weighted by atomic mass is 10.1. The lowest BCUT2D eigenvalue weighted by molar-refractivity contribution is 0.0515. The van der Waals surface area contributed by atoms with Crippen LogP contribution < -0.4 is 5.73 Å². The second kappa shape index (κ2) is 9.43. The largest absolute Gasteiger partial charge is 0.412 e. The Morgan fingerprint density at radius 1 is 1.19 bits per heavy atom. The van der Waals surface area contributed by atoms with E-state index < -0.39 is 5.97 Å². The average Bonchev–Trinajstić information content (AvgIpc) is 3.02. The summed E-state index contributed by atoms with van der Waals surface area (Å²) in [5.74, 6) is -0.410. The second-order valence-corrected chi connectivity index (χ2v) is 5.44. The molecule has 0 fully saturated rings. The maximum absolute atomic E-state index is 12.4. The molecule has 1 aromatic carbocycles. The first-order valence-corrected chi connectivity index (χ1v) is 7.62. The fourth-order valence-electron chi connectivity index (χ4n) is 2.16. The van der Waals surface area contributed by atoms with Crippen molar-refractivity contribution in [3.05, 3.63) is 70.7 Å². The molecule has 0 bridgehead atoms. The fraction of sp³-hybridized carbons (Fsp3) is 0.0588. The molecule has 2 aromatic heterocycles. The second-order valence-electron chi connectivity index (χ2n) is 5.03. The Bertz CT molecular complexity index is 944. The molecular formula is C17H17ClN4O5. The van der Waals surface area contributed by atoms with E-state index in [-0.39, 0.29) is 33.8 Å². The van der Waals surface area contributed by atoms with Gasteiger partial charge in [-0.3, -0.25) is 4.98 Å². The number of halogens is 1. The number of hydrogen-bond donors (Lipinski definition) is 1. The van der Waals surface area contributed by atoms with Crippen molar-refractivity contribution in [2.75, 3.05) is 0 Å². The molecule has 0 saturated heterocycles. The summed E-state index contributed by atoms with van der Waals surface area (Å²) < 4.78 is 5.12. The third-order valence-corrected chi connectivity index (χ3v) is 3.73. The first-order valence-electron chi connectivity index (χ1n) is 7.24. The highest BCUT2D eigenvalue weighted by Gasteiger charge is 2.24. The molecule has 10 heteroatoms. The predicted octanol–water partition coefficient (Wildman–Crippen LogP) is 1.53. The SMILES string of the molecule is Cc1onc(-c2ccccc2Cl)c1C(=O)O/N=C(\N)c1ccncc1.O.O. The van der Waals surface area contributed by atoms with E-state index in [0.717, 1.165) is 0 Å². The van der Waals surface area contributed by atoms with Crippen LogP contribution in [0.5, 0.6) is 0 Å². The van der Waals surface area contributed by atoms with Gasteiger partial charge in [0.2, 0.25) is 0 Å². The van der Waals surface area contributed by atoms with Crippen LogP contribution in [0.1, 0.15) is 21.7 Å². The molecule has 0 aliphatic carbocycles. The lowest BCUT2D eigenvalue weighted by Gasteiger charge is -2.03.